The first-order valence-electron chi connectivity index (χ1n) is 35.5. The summed E-state index contributed by atoms with van der Waals surface area (Å²) in [5, 5.41) is 42.6. The molecule has 115 heavy (non-hydrogen) atoms. The number of aromatic nitrogens is 12. The number of phenolic OH excluding ortho intramolecular Hbond substituents is 1. The Hall–Kier alpha value is -13.6. The second kappa shape index (κ2) is 38.6. The third-order valence-corrected chi connectivity index (χ3v) is 18.7. The minimum atomic E-state index is -0.950. The Labute approximate surface area is 664 Å². The smallest absolute Gasteiger partial charge is 0.325 e. The van der Waals surface area contributed by atoms with E-state index in [-0.39, 0.29) is 73.9 Å². The first-order valence-corrected chi connectivity index (χ1v) is 36.6. The van der Waals surface area contributed by atoms with Crippen molar-refractivity contribution in [1.29, 1.82) is 0 Å². The Morgan fingerprint density at radius 1 is 0.513 bits per heavy atom. The van der Waals surface area contributed by atoms with Crippen molar-refractivity contribution in [2.45, 2.75) is 84.8 Å². The molecule has 0 saturated carbocycles. The maximum atomic E-state index is 14.1. The summed E-state index contributed by atoms with van der Waals surface area (Å²) >= 11 is 2.90. The van der Waals surface area contributed by atoms with Crippen LogP contribution in [0.25, 0.3) is 66.1 Å². The van der Waals surface area contributed by atoms with Gasteiger partial charge in [0.25, 0.3) is 0 Å². The van der Waals surface area contributed by atoms with E-state index in [4.69, 9.17) is 30.8 Å². The zero-order valence-corrected chi connectivity index (χ0v) is 65.2. The van der Waals surface area contributed by atoms with Gasteiger partial charge < -0.3 is 40.6 Å². The number of carbonyl (C=O) groups is 6. The Morgan fingerprint density at radius 3 is 1.43 bits per heavy atom. The number of Topliss-reactive ketones (excluding diaryl/α,β-unsaturated/α-hetero) is 2. The largest absolute Gasteiger partial charge is 0.508 e. The number of carbonyl (C=O) groups excluding carboxylic acids is 5. The maximum Gasteiger partial charge on any atom is 0.325 e. The lowest BCUT2D eigenvalue weighted by Crippen LogP contribution is -2.18. The maximum absolute atomic E-state index is 14.1. The number of carboxylic acid groups (broad SMARTS) is 1. The van der Waals surface area contributed by atoms with Crippen molar-refractivity contribution in [3.05, 3.63) is 262 Å². The van der Waals surface area contributed by atoms with E-state index in [2.05, 4.69) is 66.1 Å². The summed E-state index contributed by atoms with van der Waals surface area (Å²) < 4.78 is 80.5. The standard InChI is InChI=1S/C32H28F2N4O3.C31H26F2N4O3.C10H11N3O3.C8H9N3O.C3H5BrO2/c1-19-28-9-8-27(41-2)17-30(28)38(37-19)18-26(39)15-23(11-20-12-24(33)16-25(34)13-20)31-29(7-4-10-36-31)21-5-3-6-22(14-21)32(35)40;1-18-27-8-7-25(38)16-29(27)37(36-18)17-26(39)14-22(10-19-11-23(32)15-24(33)12-19)30-28(6-3-9-35-30)20-4-2-5-21(13-20)31(34)40;1-6-7-3-4-8(16-2)11-10(7)13(12-6)5-9(14)15;1-5-6-3-4-7(12-2)9-8(6)11-10-5;1-6-3(5)2-4/h3-10,12-14,16-17,23H,11,15,18H2,1-2H3,(H2,35,40);2-9,11-13,15-16,22,38H,10,14,17H2,1H3,(H2,34,40);3-4H,5H2,1-2H3,(H,14,15);3-4H,1-2H3,(H,9,10,11);2H2,1H3/t23-;22-;;;/m11.../s1. The predicted molar refractivity (Wildman–Crippen MR) is 426 cm³/mol. The number of nitrogens with two attached hydrogens (primary N) is 2. The van der Waals surface area contributed by atoms with Crippen LogP contribution in [0.2, 0.25) is 0 Å². The number of ether oxygens (including phenoxy) is 4. The number of H-pyrrole nitrogens is 1. The molecular weight excluding hydrogens is 1550 g/mol. The molecule has 0 radical (unpaired) electrons. The van der Waals surface area contributed by atoms with Crippen molar-refractivity contribution >= 4 is 95.1 Å². The lowest BCUT2D eigenvalue weighted by atomic mass is 9.86. The van der Waals surface area contributed by atoms with E-state index in [1.165, 1.54) is 43.2 Å². The number of rotatable bonds is 24. The van der Waals surface area contributed by atoms with Gasteiger partial charge in [0.15, 0.2) is 22.9 Å². The van der Waals surface area contributed by atoms with Crippen LogP contribution in [0.3, 0.4) is 0 Å². The number of amides is 2. The molecule has 0 aliphatic carbocycles. The molecule has 6 aromatic carbocycles. The van der Waals surface area contributed by atoms with Gasteiger partial charge in [0.2, 0.25) is 23.6 Å². The summed E-state index contributed by atoms with van der Waals surface area (Å²) in [7, 11) is 6.03. The molecule has 0 spiro atoms. The molecular formula is C84H79BrF4N14O12. The van der Waals surface area contributed by atoms with Crippen molar-refractivity contribution in [1.82, 2.24) is 59.5 Å². The van der Waals surface area contributed by atoms with E-state index in [0.717, 1.165) is 62.0 Å². The number of pyridine rings is 4. The number of phenols is 1. The van der Waals surface area contributed by atoms with Crippen molar-refractivity contribution in [2.24, 2.45) is 11.5 Å². The lowest BCUT2D eigenvalue weighted by Gasteiger charge is -2.20. The van der Waals surface area contributed by atoms with Crippen LogP contribution >= 0.6 is 15.9 Å². The molecule has 0 fully saturated rings. The molecule has 0 unspecified atom stereocenters. The molecule has 26 nitrogen and oxygen atoms in total. The van der Waals surface area contributed by atoms with Crippen LogP contribution in [0, 0.1) is 51.0 Å². The molecule has 7 N–H and O–H groups in total. The van der Waals surface area contributed by atoms with Gasteiger partial charge in [-0.05, 0) is 160 Å². The highest BCUT2D eigenvalue weighted by molar-refractivity contribution is 9.09. The summed E-state index contributed by atoms with van der Waals surface area (Å²) in [5.74, 6) is -4.84. The van der Waals surface area contributed by atoms with Gasteiger partial charge in [0.05, 0.1) is 67.9 Å². The number of alkyl halides is 1. The summed E-state index contributed by atoms with van der Waals surface area (Å²) in [6.07, 6.45) is 3.52. The second-order valence-corrected chi connectivity index (χ2v) is 26.9. The first kappa shape index (κ1) is 83.9. The van der Waals surface area contributed by atoms with Gasteiger partial charge >= 0.3 is 11.9 Å². The van der Waals surface area contributed by atoms with Crippen LogP contribution in [0.4, 0.5) is 17.6 Å². The van der Waals surface area contributed by atoms with E-state index in [1.807, 2.05) is 82.3 Å². The highest BCUT2D eigenvalue weighted by atomic mass is 79.9. The van der Waals surface area contributed by atoms with E-state index in [0.29, 0.717) is 90.2 Å². The molecule has 8 heterocycles. The average molecular weight is 1630 g/mol. The monoisotopic (exact) mass is 1630 g/mol. The number of methoxy groups -OCH3 is 4. The summed E-state index contributed by atoms with van der Waals surface area (Å²) in [4.78, 5) is 88.8. The molecule has 2 amide bonds. The number of fused-ring (bicyclic) bond motifs is 4. The topological polar surface area (TPSA) is 366 Å². The van der Waals surface area contributed by atoms with Gasteiger partial charge in [-0.15, -0.1) is 0 Å². The predicted octanol–water partition coefficient (Wildman–Crippen LogP) is 13.9. The Bertz CT molecular complexity index is 5870. The van der Waals surface area contributed by atoms with E-state index < -0.39 is 52.9 Å². The highest BCUT2D eigenvalue weighted by Gasteiger charge is 2.27. The fourth-order valence-corrected chi connectivity index (χ4v) is 13.2. The van der Waals surface area contributed by atoms with Crippen LogP contribution in [0.1, 0.15) is 90.7 Å². The van der Waals surface area contributed by atoms with Crippen LogP contribution in [0.15, 0.2) is 182 Å². The minimum Gasteiger partial charge on any atom is -0.508 e. The number of benzene rings is 6. The lowest BCUT2D eigenvalue weighted by molar-refractivity contribution is -0.138. The Balaban J connectivity index is 0.000000173. The summed E-state index contributed by atoms with van der Waals surface area (Å²) in [6, 6.07) is 45.1. The minimum absolute atomic E-state index is 0.00310. The quantitative estimate of drug-likeness (QED) is 0.0213. The molecule has 14 rings (SSSR count). The Kier molecular flexibility index (Phi) is 28.1. The zero-order valence-electron chi connectivity index (χ0n) is 63.6. The van der Waals surface area contributed by atoms with Gasteiger partial charge in [0.1, 0.15) is 59.7 Å². The number of primary amides is 2. The molecule has 0 aliphatic heterocycles. The fourth-order valence-electron chi connectivity index (χ4n) is 13.0. The van der Waals surface area contributed by atoms with Crippen LogP contribution in [0.5, 0.6) is 23.3 Å². The molecule has 31 heteroatoms. The van der Waals surface area contributed by atoms with E-state index >= 15 is 0 Å². The number of carboxylic acids is 1. The fraction of sp³-hybridized carbons (Fsp3) is 0.214. The number of nitrogens with one attached hydrogen (secondary N) is 1. The molecule has 2 atom stereocenters. The average Bonchev–Trinajstić information content (AvgIpc) is 1.72. The number of esters is 1. The number of aromatic amines is 1. The number of hydrogen-bond donors (Lipinski definition) is 5. The third kappa shape index (κ3) is 21.8. The van der Waals surface area contributed by atoms with Crippen molar-refractivity contribution in [3.63, 3.8) is 0 Å². The second-order valence-electron chi connectivity index (χ2n) is 26.3. The molecule has 8 aromatic heterocycles. The van der Waals surface area contributed by atoms with Crippen LogP contribution < -0.4 is 25.7 Å². The van der Waals surface area contributed by atoms with E-state index in [9.17, 15) is 51.4 Å². The van der Waals surface area contributed by atoms with Gasteiger partial charge in [0, 0.05) is 123 Å². The SMILES string of the molecule is COC(=O)CBr.COc1ccc2c(C)[nH]nc2n1.COc1ccc2c(C)nn(CC(=O)C[C@@H](Cc3cc(F)cc(F)c3)c3ncccc3-c3cccc(C(N)=O)c3)c2c1.COc1ccc2c(C)nn(CC(=O)O)c2n1.Cc1nn(CC(=O)C[C@@H](Cc2cc(F)cc(F)c2)c2ncccc2-c2cccc(C(N)=O)c2)c2cc(O)ccc12. The highest BCUT2D eigenvalue weighted by Crippen LogP contribution is 2.37. The van der Waals surface area contributed by atoms with Gasteiger partial charge in [-0.2, -0.15) is 30.4 Å². The van der Waals surface area contributed by atoms with Crippen LogP contribution in [-0.4, -0.2) is 139 Å². The molecule has 0 aliphatic rings. The van der Waals surface area contributed by atoms with E-state index in [1.54, 1.807) is 115 Å². The van der Waals surface area contributed by atoms with Gasteiger partial charge in [-0.3, -0.25) is 53.2 Å². The molecule has 592 valence electrons. The number of aromatic hydroxyl groups is 1. The summed E-state index contributed by atoms with van der Waals surface area (Å²) in [5.41, 5.74) is 22.1. The number of aryl methyl sites for hydroxylation is 4. The van der Waals surface area contributed by atoms with Crippen molar-refractivity contribution in [2.75, 3.05) is 33.8 Å². The van der Waals surface area contributed by atoms with Crippen molar-refractivity contribution in [3.8, 4) is 45.5 Å². The Morgan fingerprint density at radius 2 is 0.974 bits per heavy atom. The molecule has 0 bridgehead atoms. The van der Waals surface area contributed by atoms with Gasteiger partial charge in [-0.25, -0.2) is 22.2 Å². The number of nitrogens with zero attached hydrogens (tertiary/aromatic N) is 11. The number of aliphatic carboxylic acids is 1. The first-order chi connectivity index (χ1) is 55.1. The molecule has 0 saturated heterocycles. The molecule has 14 aromatic rings. The van der Waals surface area contributed by atoms with Crippen LogP contribution in [-0.2, 0) is 56.4 Å². The third-order valence-electron chi connectivity index (χ3n) is 18.2. The van der Waals surface area contributed by atoms with Gasteiger partial charge in [-0.1, -0.05) is 52.3 Å². The summed E-state index contributed by atoms with van der Waals surface area (Å²) in [6.45, 7) is 7.19. The number of ketones is 2. The van der Waals surface area contributed by atoms with Crippen molar-refractivity contribution < 1.29 is 75.5 Å². The number of hydrogen-bond acceptors (Lipinski definition) is 19. The number of halogens is 5. The zero-order chi connectivity index (χ0) is 82.7. The normalized spacial score (nSPS) is 11.4.